The van der Waals surface area contributed by atoms with Crippen LogP contribution in [0.3, 0.4) is 0 Å². The van der Waals surface area contributed by atoms with E-state index < -0.39 is 5.97 Å². The number of hydrogen-bond donors (Lipinski definition) is 1. The van der Waals surface area contributed by atoms with Crippen LogP contribution in [-0.4, -0.2) is 11.1 Å². The van der Waals surface area contributed by atoms with Crippen LogP contribution in [0.25, 0.3) is 0 Å². The molecule has 0 saturated heterocycles. The summed E-state index contributed by atoms with van der Waals surface area (Å²) in [5.41, 5.74) is 0. The molecule has 0 heterocycles. The van der Waals surface area contributed by atoms with Crippen molar-refractivity contribution in [1.29, 1.82) is 0 Å². The predicted molar refractivity (Wildman–Crippen MR) is 73.4 cm³/mol. The molecule has 2 heteroatoms. The summed E-state index contributed by atoms with van der Waals surface area (Å²) in [6.45, 7) is 2.29. The Labute approximate surface area is 111 Å². The fourth-order valence-electron chi connectivity index (χ4n) is 4.46. The van der Waals surface area contributed by atoms with E-state index in [2.05, 4.69) is 6.92 Å². The third-order valence-corrected chi connectivity index (χ3v) is 5.43. The highest BCUT2D eigenvalue weighted by molar-refractivity contribution is 5.70. The summed E-state index contributed by atoms with van der Waals surface area (Å²) in [6.07, 6.45) is 12.3. The fraction of sp³-hybridized carbons (Fsp3) is 0.938. The lowest BCUT2D eigenvalue weighted by Crippen LogP contribution is -2.34. The average Bonchev–Trinajstić information content (AvgIpc) is 2.64. The van der Waals surface area contributed by atoms with E-state index in [1.807, 2.05) is 0 Å². The molecule has 2 fully saturated rings. The average molecular weight is 252 g/mol. The van der Waals surface area contributed by atoms with Gasteiger partial charge in [-0.25, -0.2) is 0 Å². The molecule has 2 aliphatic carbocycles. The van der Waals surface area contributed by atoms with Crippen molar-refractivity contribution in [1.82, 2.24) is 0 Å². The predicted octanol–water partition coefficient (Wildman–Crippen LogP) is 4.48. The molecule has 0 aromatic carbocycles. The lowest BCUT2D eigenvalue weighted by atomic mass is 9.66. The minimum Gasteiger partial charge on any atom is -0.481 e. The Balaban J connectivity index is 2.12. The van der Waals surface area contributed by atoms with Gasteiger partial charge in [-0.3, -0.25) is 4.79 Å². The van der Waals surface area contributed by atoms with E-state index in [1.165, 1.54) is 44.9 Å². The van der Waals surface area contributed by atoms with Crippen molar-refractivity contribution in [3.8, 4) is 0 Å². The summed E-state index contributed by atoms with van der Waals surface area (Å²) in [4.78, 5) is 11.6. The first-order valence-corrected chi connectivity index (χ1v) is 7.96. The smallest absolute Gasteiger partial charge is 0.306 e. The second kappa shape index (κ2) is 6.58. The molecule has 0 aliphatic heterocycles. The van der Waals surface area contributed by atoms with Crippen LogP contribution in [0.15, 0.2) is 0 Å². The first-order chi connectivity index (χ1) is 8.74. The Morgan fingerprint density at radius 2 is 1.56 bits per heavy atom. The molecule has 0 bridgehead atoms. The van der Waals surface area contributed by atoms with Crippen molar-refractivity contribution in [3.63, 3.8) is 0 Å². The summed E-state index contributed by atoms with van der Waals surface area (Å²) in [5, 5.41) is 9.52. The Kier molecular flexibility index (Phi) is 5.08. The van der Waals surface area contributed by atoms with Gasteiger partial charge in [-0.2, -0.15) is 0 Å². The first-order valence-electron chi connectivity index (χ1n) is 7.96. The van der Waals surface area contributed by atoms with Gasteiger partial charge in [0.1, 0.15) is 0 Å². The van der Waals surface area contributed by atoms with Gasteiger partial charge >= 0.3 is 5.97 Å². The molecule has 2 aliphatic rings. The van der Waals surface area contributed by atoms with Crippen LogP contribution >= 0.6 is 0 Å². The Hall–Kier alpha value is -0.530. The van der Waals surface area contributed by atoms with Crippen molar-refractivity contribution in [2.24, 2.45) is 23.7 Å². The molecule has 0 aromatic heterocycles. The van der Waals surface area contributed by atoms with Crippen molar-refractivity contribution in [2.75, 3.05) is 0 Å². The van der Waals surface area contributed by atoms with Gasteiger partial charge in [0, 0.05) is 0 Å². The molecule has 18 heavy (non-hydrogen) atoms. The maximum Gasteiger partial charge on any atom is 0.306 e. The Morgan fingerprint density at radius 1 is 0.944 bits per heavy atom. The van der Waals surface area contributed by atoms with Gasteiger partial charge in [-0.05, 0) is 37.0 Å². The van der Waals surface area contributed by atoms with E-state index in [-0.39, 0.29) is 5.92 Å². The number of carboxylic acid groups (broad SMARTS) is 1. The molecule has 0 spiro atoms. The topological polar surface area (TPSA) is 37.3 Å². The van der Waals surface area contributed by atoms with Gasteiger partial charge in [0.05, 0.1) is 5.92 Å². The molecule has 0 aromatic rings. The van der Waals surface area contributed by atoms with E-state index >= 15 is 0 Å². The van der Waals surface area contributed by atoms with Gasteiger partial charge in [0.25, 0.3) is 0 Å². The molecule has 104 valence electrons. The fourth-order valence-corrected chi connectivity index (χ4v) is 4.46. The van der Waals surface area contributed by atoms with E-state index in [0.29, 0.717) is 11.8 Å². The number of carboxylic acids is 1. The van der Waals surface area contributed by atoms with E-state index in [1.54, 1.807) is 0 Å². The van der Waals surface area contributed by atoms with E-state index in [4.69, 9.17) is 0 Å². The van der Waals surface area contributed by atoms with Crippen molar-refractivity contribution < 1.29 is 9.90 Å². The zero-order chi connectivity index (χ0) is 13.0. The van der Waals surface area contributed by atoms with Gasteiger partial charge < -0.3 is 5.11 Å². The largest absolute Gasteiger partial charge is 0.481 e. The highest BCUT2D eigenvalue weighted by atomic mass is 16.4. The van der Waals surface area contributed by atoms with Crippen molar-refractivity contribution in [2.45, 2.75) is 71.1 Å². The maximum absolute atomic E-state index is 11.6. The summed E-state index contributed by atoms with van der Waals surface area (Å²) < 4.78 is 0. The summed E-state index contributed by atoms with van der Waals surface area (Å²) in [6, 6.07) is 0. The summed E-state index contributed by atoms with van der Waals surface area (Å²) >= 11 is 0. The zero-order valence-electron chi connectivity index (χ0n) is 11.7. The van der Waals surface area contributed by atoms with Crippen LogP contribution in [0.5, 0.6) is 0 Å². The zero-order valence-corrected chi connectivity index (χ0v) is 11.7. The van der Waals surface area contributed by atoms with E-state index in [0.717, 1.165) is 25.2 Å². The molecular formula is C16H28O2. The highest BCUT2D eigenvalue weighted by Crippen LogP contribution is 2.44. The van der Waals surface area contributed by atoms with Gasteiger partial charge in [0.2, 0.25) is 0 Å². The van der Waals surface area contributed by atoms with Crippen LogP contribution in [-0.2, 0) is 4.79 Å². The number of hydrogen-bond acceptors (Lipinski definition) is 1. The maximum atomic E-state index is 11.6. The molecule has 4 unspecified atom stereocenters. The molecule has 4 atom stereocenters. The molecule has 2 nitrogen and oxygen atoms in total. The lowest BCUT2D eigenvalue weighted by molar-refractivity contribution is -0.145. The second-order valence-corrected chi connectivity index (χ2v) is 6.36. The summed E-state index contributed by atoms with van der Waals surface area (Å²) in [7, 11) is 0. The standard InChI is InChI=1S/C16H28O2/c1-2-12-8-6-7-9-13(12)14-10-4-3-5-11-15(14)16(17)18/h12-15H,2-11H2,1H3,(H,17,18). The Morgan fingerprint density at radius 3 is 2.28 bits per heavy atom. The monoisotopic (exact) mass is 252 g/mol. The van der Waals surface area contributed by atoms with Crippen LogP contribution in [0.2, 0.25) is 0 Å². The van der Waals surface area contributed by atoms with Gasteiger partial charge in [-0.1, -0.05) is 51.9 Å². The molecule has 1 N–H and O–H groups in total. The molecule has 2 rings (SSSR count). The third kappa shape index (κ3) is 3.07. The van der Waals surface area contributed by atoms with Crippen LogP contribution in [0.4, 0.5) is 0 Å². The molecular weight excluding hydrogens is 224 g/mol. The minimum atomic E-state index is -0.526. The SMILES string of the molecule is CCC1CCCCC1C1CCCCCC1C(=O)O. The normalized spacial score (nSPS) is 38.1. The van der Waals surface area contributed by atoms with E-state index in [9.17, 15) is 9.90 Å². The van der Waals surface area contributed by atoms with Crippen LogP contribution < -0.4 is 0 Å². The summed E-state index contributed by atoms with van der Waals surface area (Å²) in [5.74, 6) is 1.38. The lowest BCUT2D eigenvalue weighted by Gasteiger charge is -2.39. The Bertz CT molecular complexity index is 274. The first kappa shape index (κ1) is 13.9. The highest BCUT2D eigenvalue weighted by Gasteiger charge is 2.38. The van der Waals surface area contributed by atoms with Crippen molar-refractivity contribution in [3.05, 3.63) is 0 Å². The van der Waals surface area contributed by atoms with Gasteiger partial charge in [-0.15, -0.1) is 0 Å². The molecule has 0 amide bonds. The van der Waals surface area contributed by atoms with Crippen LogP contribution in [0.1, 0.15) is 71.1 Å². The molecule has 0 radical (unpaired) electrons. The quantitative estimate of drug-likeness (QED) is 0.752. The minimum absolute atomic E-state index is 0.0513. The number of rotatable bonds is 3. The molecule has 2 saturated carbocycles. The van der Waals surface area contributed by atoms with Crippen LogP contribution in [0, 0.1) is 23.7 Å². The van der Waals surface area contributed by atoms with Gasteiger partial charge in [0.15, 0.2) is 0 Å². The van der Waals surface area contributed by atoms with Crippen molar-refractivity contribution >= 4 is 5.97 Å². The number of aliphatic carboxylic acids is 1. The number of carbonyl (C=O) groups is 1. The third-order valence-electron chi connectivity index (χ3n) is 5.43. The second-order valence-electron chi connectivity index (χ2n) is 6.36.